The highest BCUT2D eigenvalue weighted by atomic mass is 19.4. The van der Waals surface area contributed by atoms with Crippen molar-refractivity contribution in [3.8, 4) is 17.2 Å². The van der Waals surface area contributed by atoms with Gasteiger partial charge >= 0.3 is 24.1 Å². The molecule has 0 fully saturated rings. The van der Waals surface area contributed by atoms with E-state index in [-0.39, 0.29) is 43.3 Å². The second-order valence-electron chi connectivity index (χ2n) is 13.0. The third-order valence-electron chi connectivity index (χ3n) is 8.44. The highest BCUT2D eigenvalue weighted by molar-refractivity contribution is 5.91. The van der Waals surface area contributed by atoms with Crippen LogP contribution in [0.25, 0.3) is 17.7 Å². The van der Waals surface area contributed by atoms with Gasteiger partial charge in [0.2, 0.25) is 0 Å². The molecule has 0 saturated carbocycles. The first kappa shape index (κ1) is 42.1. The van der Waals surface area contributed by atoms with Crippen LogP contribution >= 0.6 is 0 Å². The summed E-state index contributed by atoms with van der Waals surface area (Å²) in [6.45, 7) is 1.43. The summed E-state index contributed by atoms with van der Waals surface area (Å²) in [5.74, 6) is -1.28. The van der Waals surface area contributed by atoms with Gasteiger partial charge in [0.1, 0.15) is 30.5 Å². The number of aryl methyl sites for hydroxylation is 1. The highest BCUT2D eigenvalue weighted by Crippen LogP contribution is 2.29. The number of aromatic hydroxyl groups is 1. The fraction of sp³-hybridized carbons (Fsp3) is 0.152. The molecule has 0 heterocycles. The molecule has 0 aliphatic heterocycles. The average Bonchev–Trinajstić information content (AvgIpc) is 3.21. The fourth-order valence-corrected chi connectivity index (χ4v) is 5.42. The summed E-state index contributed by atoms with van der Waals surface area (Å²) in [7, 11) is 0. The smallest absolute Gasteiger partial charge is 0.389 e. The quantitative estimate of drug-likeness (QED) is 0.0330. The predicted molar refractivity (Wildman–Crippen MR) is 215 cm³/mol. The van der Waals surface area contributed by atoms with Gasteiger partial charge in [0, 0.05) is 29.8 Å². The van der Waals surface area contributed by atoms with Gasteiger partial charge in [-0.15, -0.1) is 0 Å². The third-order valence-corrected chi connectivity index (χ3v) is 8.44. The number of benzene rings is 5. The number of nitrogen functional groups attached to an aromatic ring is 1. The summed E-state index contributed by atoms with van der Waals surface area (Å²) in [4.78, 5) is 38.5. The highest BCUT2D eigenvalue weighted by Gasteiger charge is 2.26. The zero-order valence-corrected chi connectivity index (χ0v) is 31.4. The van der Waals surface area contributed by atoms with Crippen molar-refractivity contribution in [1.82, 2.24) is 0 Å². The Kier molecular flexibility index (Phi) is 14.6. The van der Waals surface area contributed by atoms with E-state index < -0.39 is 30.5 Å². The van der Waals surface area contributed by atoms with Crippen LogP contribution in [0.2, 0.25) is 0 Å². The van der Waals surface area contributed by atoms with E-state index in [4.69, 9.17) is 24.7 Å². The number of phenols is 1. The van der Waals surface area contributed by atoms with Crippen LogP contribution in [0.4, 0.5) is 18.9 Å². The molecule has 298 valence electrons. The number of rotatable bonds is 16. The first-order chi connectivity index (χ1) is 27.8. The lowest BCUT2D eigenvalue weighted by molar-refractivity contribution is -0.138. The van der Waals surface area contributed by atoms with Crippen molar-refractivity contribution in [2.45, 2.75) is 25.9 Å². The Labute approximate surface area is 333 Å². The van der Waals surface area contributed by atoms with Crippen LogP contribution in [0.3, 0.4) is 0 Å². The van der Waals surface area contributed by atoms with Crippen molar-refractivity contribution in [3.05, 3.63) is 172 Å². The van der Waals surface area contributed by atoms with Gasteiger partial charge in [-0.1, -0.05) is 66.2 Å². The number of ether oxygens (including phenoxy) is 4. The standard InChI is InChI=1S/C46H40F3NO8/c1-31-3-11-34(12-4-31)44(35-13-17-38(50)18-14-35)37(29-56-42(52)25-9-32-5-19-39(51)20-6-32)30-57-43(53)26-10-33-7-21-41(22-8-33)58-45(54)36-15-23-40(24-16-36)55-28-2-27-46(47,48)49/h3-26,51H,2,27-30,50H2,1H3/b25-9+,26-10+,44-37-. The van der Waals surface area contributed by atoms with Gasteiger partial charge in [-0.3, -0.25) is 0 Å². The van der Waals surface area contributed by atoms with E-state index in [9.17, 15) is 32.7 Å². The van der Waals surface area contributed by atoms with E-state index in [1.54, 1.807) is 54.6 Å². The monoisotopic (exact) mass is 791 g/mol. The number of carbonyl (C=O) groups excluding carboxylic acids is 3. The minimum Gasteiger partial charge on any atom is -0.508 e. The molecule has 5 rings (SSSR count). The second kappa shape index (κ2) is 20.2. The Hall–Kier alpha value is -7.08. The van der Waals surface area contributed by atoms with Crippen molar-refractivity contribution in [1.29, 1.82) is 0 Å². The molecule has 0 radical (unpaired) electrons. The lowest BCUT2D eigenvalue weighted by Gasteiger charge is -2.17. The molecular weight excluding hydrogens is 751 g/mol. The summed E-state index contributed by atoms with van der Waals surface area (Å²) in [5.41, 5.74) is 11.9. The number of phenolic OH excluding ortho intramolecular Hbond substituents is 1. The number of hydrogen-bond acceptors (Lipinski definition) is 9. The maximum absolute atomic E-state index is 13.0. The summed E-state index contributed by atoms with van der Waals surface area (Å²) < 4.78 is 59.0. The van der Waals surface area contributed by atoms with Crippen LogP contribution in [0.1, 0.15) is 51.0 Å². The van der Waals surface area contributed by atoms with E-state index in [2.05, 4.69) is 0 Å². The lowest BCUT2D eigenvalue weighted by Crippen LogP contribution is -2.14. The first-order valence-corrected chi connectivity index (χ1v) is 18.1. The largest absolute Gasteiger partial charge is 0.508 e. The maximum Gasteiger partial charge on any atom is 0.389 e. The van der Waals surface area contributed by atoms with Crippen LogP contribution < -0.4 is 15.2 Å². The summed E-state index contributed by atoms with van der Waals surface area (Å²) in [6.07, 6.45) is 0.224. The van der Waals surface area contributed by atoms with Gasteiger partial charge in [0.05, 0.1) is 12.2 Å². The van der Waals surface area contributed by atoms with E-state index in [0.717, 1.165) is 16.7 Å². The predicted octanol–water partition coefficient (Wildman–Crippen LogP) is 9.54. The van der Waals surface area contributed by atoms with E-state index >= 15 is 0 Å². The average molecular weight is 792 g/mol. The van der Waals surface area contributed by atoms with Crippen molar-refractivity contribution in [3.63, 3.8) is 0 Å². The van der Waals surface area contributed by atoms with Crippen LogP contribution in [0, 0.1) is 6.92 Å². The molecular formula is C46H40F3NO8. The van der Waals surface area contributed by atoms with Crippen LogP contribution in [0.5, 0.6) is 17.2 Å². The zero-order chi connectivity index (χ0) is 41.5. The molecule has 0 bridgehead atoms. The van der Waals surface area contributed by atoms with Crippen LogP contribution in [-0.2, 0) is 19.1 Å². The van der Waals surface area contributed by atoms with Crippen molar-refractivity contribution >= 4 is 41.3 Å². The van der Waals surface area contributed by atoms with E-state index in [0.29, 0.717) is 33.7 Å². The van der Waals surface area contributed by atoms with Crippen molar-refractivity contribution in [2.24, 2.45) is 0 Å². The number of alkyl halides is 3. The minimum absolute atomic E-state index is 0.0995. The molecule has 0 amide bonds. The summed E-state index contributed by atoms with van der Waals surface area (Å²) in [6, 6.07) is 33.4. The Balaban J connectivity index is 1.24. The molecule has 0 atom stereocenters. The number of hydrogen-bond donors (Lipinski definition) is 2. The summed E-state index contributed by atoms with van der Waals surface area (Å²) in [5, 5.41) is 9.54. The molecule has 12 heteroatoms. The van der Waals surface area contributed by atoms with Crippen molar-refractivity contribution < 1.29 is 51.6 Å². The molecule has 5 aromatic rings. The second-order valence-corrected chi connectivity index (χ2v) is 13.0. The number of anilines is 1. The molecule has 5 aromatic carbocycles. The van der Waals surface area contributed by atoms with Crippen LogP contribution in [-0.4, -0.2) is 49.0 Å². The number of esters is 3. The van der Waals surface area contributed by atoms with Gasteiger partial charge < -0.3 is 29.8 Å². The zero-order valence-electron chi connectivity index (χ0n) is 31.4. The minimum atomic E-state index is -4.25. The maximum atomic E-state index is 13.0. The first-order valence-electron chi connectivity index (χ1n) is 18.1. The number of nitrogens with two attached hydrogens (primary N) is 1. The fourth-order valence-electron chi connectivity index (χ4n) is 5.42. The topological polar surface area (TPSA) is 134 Å². The third kappa shape index (κ3) is 13.6. The molecule has 0 saturated heterocycles. The molecule has 0 unspecified atom stereocenters. The Morgan fingerprint density at radius 3 is 1.67 bits per heavy atom. The van der Waals surface area contributed by atoms with E-state index in [1.807, 2.05) is 43.3 Å². The van der Waals surface area contributed by atoms with Crippen LogP contribution in [0.15, 0.2) is 139 Å². The SMILES string of the molecule is Cc1ccc(/C(=C(\COC(=O)/C=C/c2ccc(O)cc2)COC(=O)/C=C/c2ccc(OC(=O)c3ccc(OCCCC(F)(F)F)cc3)cc2)c2ccc(N)cc2)cc1. The van der Waals surface area contributed by atoms with Gasteiger partial charge in [0.25, 0.3) is 0 Å². The molecule has 0 aliphatic rings. The van der Waals surface area contributed by atoms with Gasteiger partial charge in [-0.25, -0.2) is 14.4 Å². The summed E-state index contributed by atoms with van der Waals surface area (Å²) >= 11 is 0. The van der Waals surface area contributed by atoms with Gasteiger partial charge in [-0.05, 0) is 114 Å². The van der Waals surface area contributed by atoms with Gasteiger partial charge in [-0.2, -0.15) is 13.2 Å². The molecule has 0 aliphatic carbocycles. The molecule has 9 nitrogen and oxygen atoms in total. The lowest BCUT2D eigenvalue weighted by atomic mass is 9.92. The van der Waals surface area contributed by atoms with Crippen molar-refractivity contribution in [2.75, 3.05) is 25.6 Å². The molecule has 0 aromatic heterocycles. The molecule has 3 N–H and O–H groups in total. The number of halogens is 3. The van der Waals surface area contributed by atoms with Gasteiger partial charge in [0.15, 0.2) is 0 Å². The number of carbonyl (C=O) groups is 3. The Morgan fingerprint density at radius 2 is 1.14 bits per heavy atom. The Bertz CT molecular complexity index is 2200. The normalized spacial score (nSPS) is 11.9. The van der Waals surface area contributed by atoms with E-state index in [1.165, 1.54) is 54.6 Å². The molecule has 0 spiro atoms. The molecule has 58 heavy (non-hydrogen) atoms. The Morgan fingerprint density at radius 1 is 0.655 bits per heavy atom.